The highest BCUT2D eigenvalue weighted by molar-refractivity contribution is 9.10. The minimum Gasteiger partial charge on any atom is -0.310 e. The molecule has 112 valence electrons. The Kier molecular flexibility index (Phi) is 6.27. The van der Waals surface area contributed by atoms with Gasteiger partial charge < -0.3 is 5.32 Å². The number of benzene rings is 2. The zero-order valence-electron chi connectivity index (χ0n) is 12.2. The fourth-order valence-electron chi connectivity index (χ4n) is 2.01. The molecule has 21 heavy (non-hydrogen) atoms. The average molecular weight is 368 g/mol. The molecule has 1 nitrogen and oxygen atoms in total. The summed E-state index contributed by atoms with van der Waals surface area (Å²) in [5.74, 6) is -0.204. The number of rotatable bonds is 6. The van der Waals surface area contributed by atoms with Crippen molar-refractivity contribution >= 4 is 27.7 Å². The van der Waals surface area contributed by atoms with Gasteiger partial charge in [0, 0.05) is 20.3 Å². The van der Waals surface area contributed by atoms with Gasteiger partial charge in [-0.3, -0.25) is 0 Å². The molecule has 2 rings (SSSR count). The smallest absolute Gasteiger partial charge is 0.124 e. The fourth-order valence-corrected chi connectivity index (χ4v) is 3.51. The van der Waals surface area contributed by atoms with Gasteiger partial charge in [-0.25, -0.2) is 4.39 Å². The summed E-state index contributed by atoms with van der Waals surface area (Å²) in [6.07, 6.45) is 1.12. The lowest BCUT2D eigenvalue weighted by atomic mass is 10.1. The second-order valence-corrected chi connectivity index (χ2v) is 6.89. The van der Waals surface area contributed by atoms with Gasteiger partial charge in [-0.05, 0) is 71.7 Å². The highest BCUT2D eigenvalue weighted by atomic mass is 79.9. The molecule has 1 N–H and O–H groups in total. The van der Waals surface area contributed by atoms with Crippen molar-refractivity contribution in [3.05, 3.63) is 58.3 Å². The first-order chi connectivity index (χ1) is 10.1. The Morgan fingerprint density at radius 3 is 2.71 bits per heavy atom. The van der Waals surface area contributed by atoms with Crippen LogP contribution < -0.4 is 5.32 Å². The maximum Gasteiger partial charge on any atom is 0.124 e. The molecule has 0 radical (unpaired) electrons. The van der Waals surface area contributed by atoms with E-state index in [2.05, 4.69) is 53.3 Å². The van der Waals surface area contributed by atoms with Crippen molar-refractivity contribution in [2.75, 3.05) is 6.54 Å². The third-order valence-corrected chi connectivity index (χ3v) is 5.16. The molecule has 0 aliphatic heterocycles. The second kappa shape index (κ2) is 7.97. The van der Waals surface area contributed by atoms with Crippen LogP contribution in [-0.2, 0) is 0 Å². The Balaban J connectivity index is 2.12. The largest absolute Gasteiger partial charge is 0.310 e. The zero-order valence-corrected chi connectivity index (χ0v) is 14.6. The summed E-state index contributed by atoms with van der Waals surface area (Å²) >= 11 is 5.18. The molecule has 2 aromatic rings. The summed E-state index contributed by atoms with van der Waals surface area (Å²) in [6.45, 7) is 5.34. The molecule has 0 spiro atoms. The summed E-state index contributed by atoms with van der Waals surface area (Å²) in [4.78, 5) is 1.99. The summed E-state index contributed by atoms with van der Waals surface area (Å²) in [6, 6.07) is 13.3. The molecule has 0 aliphatic carbocycles. The number of halogens is 2. The third kappa shape index (κ3) is 4.83. The van der Waals surface area contributed by atoms with Crippen LogP contribution >= 0.6 is 27.7 Å². The molecule has 0 heterocycles. The van der Waals surface area contributed by atoms with Crippen molar-refractivity contribution in [2.24, 2.45) is 0 Å². The first kappa shape index (κ1) is 16.5. The van der Waals surface area contributed by atoms with Crippen LogP contribution in [0.3, 0.4) is 0 Å². The summed E-state index contributed by atoms with van der Waals surface area (Å²) in [7, 11) is 0. The normalized spacial score (nSPS) is 12.4. The molecular weight excluding hydrogens is 349 g/mol. The zero-order chi connectivity index (χ0) is 15.2. The first-order valence-electron chi connectivity index (χ1n) is 7.06. The van der Waals surface area contributed by atoms with E-state index in [1.54, 1.807) is 23.9 Å². The van der Waals surface area contributed by atoms with Gasteiger partial charge in [0.1, 0.15) is 5.82 Å². The van der Waals surface area contributed by atoms with E-state index < -0.39 is 0 Å². The molecular formula is C17H19BrFNS. The van der Waals surface area contributed by atoms with Crippen molar-refractivity contribution in [3.8, 4) is 0 Å². The molecule has 1 unspecified atom stereocenters. The topological polar surface area (TPSA) is 12.0 Å². The SMILES string of the molecule is CCCNC(C)c1ccc(Sc2cccc(F)c2)c(Br)c1. The third-order valence-electron chi connectivity index (χ3n) is 3.18. The van der Waals surface area contributed by atoms with Gasteiger partial charge in [-0.15, -0.1) is 0 Å². The monoisotopic (exact) mass is 367 g/mol. The van der Waals surface area contributed by atoms with Crippen LogP contribution in [0, 0.1) is 5.82 Å². The van der Waals surface area contributed by atoms with E-state index in [0.717, 1.165) is 27.2 Å². The molecule has 0 bridgehead atoms. The number of hydrogen-bond acceptors (Lipinski definition) is 2. The van der Waals surface area contributed by atoms with E-state index in [-0.39, 0.29) is 5.82 Å². The Morgan fingerprint density at radius 2 is 2.05 bits per heavy atom. The van der Waals surface area contributed by atoms with Crippen LogP contribution in [0.25, 0.3) is 0 Å². The molecule has 1 atom stereocenters. The summed E-state index contributed by atoms with van der Waals surface area (Å²) in [5, 5.41) is 3.48. The standard InChI is InChI=1S/C17H19BrFNS/c1-3-9-20-12(2)13-7-8-17(16(18)10-13)21-15-6-4-5-14(19)11-15/h4-8,10-12,20H,3,9H2,1-2H3. The molecule has 0 saturated carbocycles. The van der Waals surface area contributed by atoms with Crippen molar-refractivity contribution < 1.29 is 4.39 Å². The van der Waals surface area contributed by atoms with Gasteiger partial charge in [0.05, 0.1) is 0 Å². The van der Waals surface area contributed by atoms with Gasteiger partial charge in [0.15, 0.2) is 0 Å². The highest BCUT2D eigenvalue weighted by Gasteiger charge is 2.08. The molecule has 0 aromatic heterocycles. The van der Waals surface area contributed by atoms with E-state index in [1.165, 1.54) is 11.6 Å². The van der Waals surface area contributed by atoms with Crippen LogP contribution in [0.15, 0.2) is 56.7 Å². The Labute approximate surface area is 138 Å². The predicted molar refractivity (Wildman–Crippen MR) is 91.4 cm³/mol. The molecule has 2 aromatic carbocycles. The maximum absolute atomic E-state index is 13.2. The average Bonchev–Trinajstić information content (AvgIpc) is 2.47. The number of hydrogen-bond donors (Lipinski definition) is 1. The number of nitrogens with one attached hydrogen (secondary N) is 1. The summed E-state index contributed by atoms with van der Waals surface area (Å²) in [5.41, 5.74) is 1.25. The molecule has 0 saturated heterocycles. The van der Waals surface area contributed by atoms with Gasteiger partial charge >= 0.3 is 0 Å². The molecule has 4 heteroatoms. The van der Waals surface area contributed by atoms with Gasteiger partial charge in [0.25, 0.3) is 0 Å². The maximum atomic E-state index is 13.2. The predicted octanol–water partition coefficient (Wildman–Crippen LogP) is 5.80. The highest BCUT2D eigenvalue weighted by Crippen LogP contribution is 2.35. The van der Waals surface area contributed by atoms with E-state index in [4.69, 9.17) is 0 Å². The van der Waals surface area contributed by atoms with Gasteiger partial charge in [0.2, 0.25) is 0 Å². The van der Waals surface area contributed by atoms with Gasteiger partial charge in [-0.2, -0.15) is 0 Å². The lowest BCUT2D eigenvalue weighted by Gasteiger charge is -2.15. The van der Waals surface area contributed by atoms with Gasteiger partial charge in [-0.1, -0.05) is 30.8 Å². The fraction of sp³-hybridized carbons (Fsp3) is 0.294. The Morgan fingerprint density at radius 1 is 1.24 bits per heavy atom. The van der Waals surface area contributed by atoms with Crippen LogP contribution in [0.1, 0.15) is 31.9 Å². The van der Waals surface area contributed by atoms with Crippen LogP contribution in [0.4, 0.5) is 4.39 Å². The second-order valence-electron chi connectivity index (χ2n) is 4.93. The quantitative estimate of drug-likeness (QED) is 0.692. The van der Waals surface area contributed by atoms with E-state index in [0.29, 0.717) is 6.04 Å². The Bertz CT molecular complexity index is 603. The van der Waals surface area contributed by atoms with E-state index >= 15 is 0 Å². The van der Waals surface area contributed by atoms with E-state index in [1.807, 2.05) is 6.07 Å². The van der Waals surface area contributed by atoms with Crippen LogP contribution in [0.5, 0.6) is 0 Å². The van der Waals surface area contributed by atoms with E-state index in [9.17, 15) is 4.39 Å². The van der Waals surface area contributed by atoms with Crippen molar-refractivity contribution in [2.45, 2.75) is 36.1 Å². The lowest BCUT2D eigenvalue weighted by Crippen LogP contribution is -2.19. The first-order valence-corrected chi connectivity index (χ1v) is 8.67. The minimum absolute atomic E-state index is 0.204. The van der Waals surface area contributed by atoms with Crippen molar-refractivity contribution in [3.63, 3.8) is 0 Å². The summed E-state index contributed by atoms with van der Waals surface area (Å²) < 4.78 is 14.3. The van der Waals surface area contributed by atoms with Crippen molar-refractivity contribution in [1.82, 2.24) is 5.32 Å². The molecule has 0 aliphatic rings. The van der Waals surface area contributed by atoms with Crippen molar-refractivity contribution in [1.29, 1.82) is 0 Å². The molecule has 0 fully saturated rings. The Hall–Kier alpha value is -0.840. The minimum atomic E-state index is -0.204. The lowest BCUT2D eigenvalue weighted by molar-refractivity contribution is 0.570. The molecule has 0 amide bonds. The van der Waals surface area contributed by atoms with Crippen LogP contribution in [0.2, 0.25) is 0 Å². The van der Waals surface area contributed by atoms with Crippen LogP contribution in [-0.4, -0.2) is 6.54 Å².